The summed E-state index contributed by atoms with van der Waals surface area (Å²) in [6.45, 7) is -0.0665. The summed E-state index contributed by atoms with van der Waals surface area (Å²) in [5, 5.41) is 7.94. The number of fused-ring (bicyclic) bond motifs is 1. The maximum atomic E-state index is 12.1. The van der Waals surface area contributed by atoms with E-state index in [1.54, 1.807) is 0 Å². The minimum Gasteiger partial charge on any atom is -0.454 e. The number of hydrogen-bond donors (Lipinski definition) is 0. The van der Waals surface area contributed by atoms with Crippen LogP contribution in [-0.2, 0) is 11.3 Å². The highest BCUT2D eigenvalue weighted by molar-refractivity contribution is 7.08. The molecule has 0 radical (unpaired) electrons. The lowest BCUT2D eigenvalue weighted by Gasteiger charge is -2.04. The largest absolute Gasteiger partial charge is 0.454 e. The highest BCUT2D eigenvalue weighted by Crippen LogP contribution is 2.39. The van der Waals surface area contributed by atoms with E-state index >= 15 is 0 Å². The van der Waals surface area contributed by atoms with Gasteiger partial charge in [-0.3, -0.25) is 0 Å². The Morgan fingerprint density at radius 2 is 2.29 bits per heavy atom. The van der Waals surface area contributed by atoms with Crippen LogP contribution < -0.4 is 9.47 Å². The average molecular weight is 365 g/mol. The number of benzene rings is 1. The summed E-state index contributed by atoms with van der Waals surface area (Å²) in [6.07, 6.45) is 0. The summed E-state index contributed by atoms with van der Waals surface area (Å²) in [5.41, 5.74) is 1.10. The zero-order chi connectivity index (χ0) is 16.5. The van der Waals surface area contributed by atoms with Gasteiger partial charge >= 0.3 is 5.97 Å². The second-order valence-corrected chi connectivity index (χ2v) is 5.98. The molecule has 9 heteroatoms. The van der Waals surface area contributed by atoms with Crippen molar-refractivity contribution in [3.05, 3.63) is 45.4 Å². The third-order valence-electron chi connectivity index (χ3n) is 3.24. The quantitative estimate of drug-likeness (QED) is 0.654. The summed E-state index contributed by atoms with van der Waals surface area (Å²) < 4.78 is 20.7. The van der Waals surface area contributed by atoms with Crippen LogP contribution in [0.1, 0.15) is 16.2 Å². The number of thiophene rings is 1. The molecule has 0 atom stereocenters. The zero-order valence-electron chi connectivity index (χ0n) is 12.0. The molecule has 1 aromatic carbocycles. The average Bonchev–Trinajstić information content (AvgIpc) is 3.31. The Labute approximate surface area is 144 Å². The molecular formula is C15H9ClN2O5S. The van der Waals surface area contributed by atoms with Crippen molar-refractivity contribution in [3.63, 3.8) is 0 Å². The maximum absolute atomic E-state index is 12.1. The van der Waals surface area contributed by atoms with E-state index in [1.807, 2.05) is 16.8 Å². The predicted molar refractivity (Wildman–Crippen MR) is 84.3 cm³/mol. The van der Waals surface area contributed by atoms with Gasteiger partial charge in [0.05, 0.1) is 10.6 Å². The fourth-order valence-corrected chi connectivity index (χ4v) is 3.02. The van der Waals surface area contributed by atoms with Crippen molar-refractivity contribution in [2.75, 3.05) is 6.79 Å². The topological polar surface area (TPSA) is 83.7 Å². The number of nitrogens with zero attached hydrogens (tertiary/aromatic N) is 2. The van der Waals surface area contributed by atoms with Gasteiger partial charge in [-0.15, -0.1) is 0 Å². The number of hydrogen-bond acceptors (Lipinski definition) is 8. The predicted octanol–water partition coefficient (Wildman–Crippen LogP) is 3.54. The van der Waals surface area contributed by atoms with Crippen molar-refractivity contribution in [1.29, 1.82) is 0 Å². The van der Waals surface area contributed by atoms with Gasteiger partial charge in [-0.05, 0) is 23.6 Å². The van der Waals surface area contributed by atoms with Crippen LogP contribution in [0.15, 0.2) is 33.5 Å². The van der Waals surface area contributed by atoms with Gasteiger partial charge in [0.2, 0.25) is 12.6 Å². The lowest BCUT2D eigenvalue weighted by molar-refractivity contribution is 0.0429. The molecule has 0 saturated carbocycles. The number of carbonyl (C=O) groups excluding carboxylic acids is 1. The molecule has 7 nitrogen and oxygen atoms in total. The van der Waals surface area contributed by atoms with Gasteiger partial charge in [-0.25, -0.2) is 4.79 Å². The number of ether oxygens (including phenoxy) is 3. The van der Waals surface area contributed by atoms with E-state index in [4.69, 9.17) is 30.3 Å². The number of aromatic nitrogens is 2. The molecule has 0 N–H and O–H groups in total. The fraction of sp³-hybridized carbons (Fsp3) is 0.133. The first-order chi connectivity index (χ1) is 11.7. The molecule has 0 saturated heterocycles. The molecule has 0 spiro atoms. The highest BCUT2D eigenvalue weighted by Gasteiger charge is 2.21. The van der Waals surface area contributed by atoms with Gasteiger partial charge < -0.3 is 18.7 Å². The van der Waals surface area contributed by atoms with E-state index in [0.29, 0.717) is 17.3 Å². The minimum absolute atomic E-state index is 0.0703. The van der Waals surface area contributed by atoms with Crippen molar-refractivity contribution in [1.82, 2.24) is 10.1 Å². The van der Waals surface area contributed by atoms with Crippen LogP contribution in [0.5, 0.6) is 11.5 Å². The van der Waals surface area contributed by atoms with Gasteiger partial charge in [0.15, 0.2) is 18.1 Å². The van der Waals surface area contributed by atoms with Crippen LogP contribution in [0.3, 0.4) is 0 Å². The van der Waals surface area contributed by atoms with E-state index in [-0.39, 0.29) is 29.9 Å². The molecular weight excluding hydrogens is 356 g/mol. The molecule has 122 valence electrons. The molecule has 4 rings (SSSR count). The Hall–Kier alpha value is -2.58. The van der Waals surface area contributed by atoms with E-state index in [0.717, 1.165) is 5.56 Å². The molecule has 0 amide bonds. The third-order valence-corrected chi connectivity index (χ3v) is 4.20. The number of carbonyl (C=O) groups is 1. The van der Waals surface area contributed by atoms with E-state index in [9.17, 15) is 4.79 Å². The number of esters is 1. The van der Waals surface area contributed by atoms with Gasteiger partial charge in [-0.2, -0.15) is 16.3 Å². The Balaban J connectivity index is 1.45. The Morgan fingerprint density at radius 1 is 1.38 bits per heavy atom. The van der Waals surface area contributed by atoms with Gasteiger partial charge in [0.1, 0.15) is 0 Å². The lowest BCUT2D eigenvalue weighted by Crippen LogP contribution is -2.05. The minimum atomic E-state index is -0.578. The summed E-state index contributed by atoms with van der Waals surface area (Å²) >= 11 is 7.57. The van der Waals surface area contributed by atoms with Crippen molar-refractivity contribution in [2.45, 2.75) is 6.61 Å². The second-order valence-electron chi connectivity index (χ2n) is 4.79. The SMILES string of the molecule is O=C(OCc1nc(-c2ccsc2)no1)c1cc(Cl)c2c(c1)OCO2. The smallest absolute Gasteiger partial charge is 0.338 e. The summed E-state index contributed by atoms with van der Waals surface area (Å²) in [7, 11) is 0. The first-order valence-electron chi connectivity index (χ1n) is 6.82. The number of halogens is 1. The first kappa shape index (κ1) is 15.0. The van der Waals surface area contributed by atoms with Gasteiger partial charge in [0, 0.05) is 10.9 Å². The van der Waals surface area contributed by atoms with Gasteiger partial charge in [0.25, 0.3) is 5.89 Å². The summed E-state index contributed by atoms with van der Waals surface area (Å²) in [4.78, 5) is 16.3. The molecule has 0 bridgehead atoms. The van der Waals surface area contributed by atoms with Crippen molar-refractivity contribution in [2.24, 2.45) is 0 Å². The molecule has 1 aliphatic rings. The lowest BCUT2D eigenvalue weighted by atomic mass is 10.2. The Bertz CT molecular complexity index is 893. The molecule has 1 aliphatic heterocycles. The van der Waals surface area contributed by atoms with E-state index in [2.05, 4.69) is 10.1 Å². The molecule has 0 fully saturated rings. The second kappa shape index (κ2) is 6.14. The first-order valence-corrected chi connectivity index (χ1v) is 8.14. The van der Waals surface area contributed by atoms with Crippen molar-refractivity contribution >= 4 is 28.9 Å². The Morgan fingerprint density at radius 3 is 3.12 bits per heavy atom. The molecule has 3 aromatic rings. The molecule has 2 aromatic heterocycles. The Kier molecular flexibility index (Phi) is 3.83. The van der Waals surface area contributed by atoms with E-state index < -0.39 is 5.97 Å². The molecule has 0 unspecified atom stereocenters. The normalized spacial score (nSPS) is 12.4. The van der Waals surface area contributed by atoms with Crippen LogP contribution in [0.2, 0.25) is 5.02 Å². The molecule has 24 heavy (non-hydrogen) atoms. The fourth-order valence-electron chi connectivity index (χ4n) is 2.12. The van der Waals surface area contributed by atoms with Crippen molar-refractivity contribution in [3.8, 4) is 22.9 Å². The van der Waals surface area contributed by atoms with Crippen LogP contribution in [0, 0.1) is 0 Å². The van der Waals surface area contributed by atoms with Crippen LogP contribution in [0.25, 0.3) is 11.4 Å². The third kappa shape index (κ3) is 2.81. The zero-order valence-corrected chi connectivity index (χ0v) is 13.6. The van der Waals surface area contributed by atoms with Crippen LogP contribution in [-0.4, -0.2) is 22.9 Å². The van der Waals surface area contributed by atoms with Gasteiger partial charge in [-0.1, -0.05) is 16.8 Å². The molecule has 0 aliphatic carbocycles. The summed E-state index contributed by atoms with van der Waals surface area (Å²) in [5.74, 6) is 0.910. The highest BCUT2D eigenvalue weighted by atomic mass is 35.5. The van der Waals surface area contributed by atoms with Crippen LogP contribution >= 0.6 is 22.9 Å². The summed E-state index contributed by atoms with van der Waals surface area (Å²) in [6, 6.07) is 4.85. The standard InChI is InChI=1S/C15H9ClN2O5S/c16-10-3-9(4-11-13(10)22-7-21-11)15(19)20-5-12-17-14(18-23-12)8-1-2-24-6-8/h1-4,6H,5,7H2. The van der Waals surface area contributed by atoms with Crippen molar-refractivity contribution < 1.29 is 23.5 Å². The molecule has 3 heterocycles. The van der Waals surface area contributed by atoms with Crippen LogP contribution in [0.4, 0.5) is 0 Å². The monoisotopic (exact) mass is 364 g/mol. The number of rotatable bonds is 4. The van der Waals surface area contributed by atoms with E-state index in [1.165, 1.54) is 23.5 Å². The maximum Gasteiger partial charge on any atom is 0.338 e.